The predicted molar refractivity (Wildman–Crippen MR) is 56.5 cm³/mol. The third-order valence-corrected chi connectivity index (χ3v) is 2.09. The lowest BCUT2D eigenvalue weighted by molar-refractivity contribution is 1.76. The van der Waals surface area contributed by atoms with Crippen molar-refractivity contribution in [1.82, 2.24) is 0 Å². The fraction of sp³-hybridized carbons (Fsp3) is 0. The number of hydrogen-bond donors (Lipinski definition) is 1. The van der Waals surface area contributed by atoms with Gasteiger partial charge in [0.15, 0.2) is 0 Å². The van der Waals surface area contributed by atoms with E-state index in [2.05, 4.69) is 20.0 Å². The first kappa shape index (κ1) is 7.23. The summed E-state index contributed by atoms with van der Waals surface area (Å²) in [5.41, 5.74) is 7.81. The summed E-state index contributed by atoms with van der Waals surface area (Å²) in [7, 11) is 2.08. The molecule has 0 unspecified atom stereocenters. The normalized spacial score (nSPS) is 10.3. The minimum Gasteiger partial charge on any atom is -0.399 e. The topological polar surface area (TPSA) is 26.0 Å². The van der Waals surface area contributed by atoms with Crippen LogP contribution in [0, 0.1) is 0 Å². The van der Waals surface area contributed by atoms with E-state index in [1.807, 2.05) is 24.3 Å². The summed E-state index contributed by atoms with van der Waals surface area (Å²) < 4.78 is 0. The maximum atomic E-state index is 5.72. The summed E-state index contributed by atoms with van der Waals surface area (Å²) in [5, 5.41) is 2.50. The summed E-state index contributed by atoms with van der Waals surface area (Å²) >= 11 is 0. The van der Waals surface area contributed by atoms with Crippen molar-refractivity contribution in [3.8, 4) is 0 Å². The van der Waals surface area contributed by atoms with Gasteiger partial charge in [0.25, 0.3) is 0 Å². The van der Waals surface area contributed by atoms with Crippen LogP contribution in [0.15, 0.2) is 36.4 Å². The molecular formula is C10H10BN. The summed E-state index contributed by atoms with van der Waals surface area (Å²) in [6, 6.07) is 12.3. The van der Waals surface area contributed by atoms with Gasteiger partial charge in [-0.3, -0.25) is 0 Å². The molecule has 0 fully saturated rings. The van der Waals surface area contributed by atoms with E-state index in [1.54, 1.807) is 0 Å². The van der Waals surface area contributed by atoms with Crippen LogP contribution in [-0.2, 0) is 0 Å². The van der Waals surface area contributed by atoms with Crippen LogP contribution in [0.2, 0.25) is 0 Å². The molecule has 0 amide bonds. The lowest BCUT2D eigenvalue weighted by Gasteiger charge is -2.02. The number of rotatable bonds is 0. The Kier molecular flexibility index (Phi) is 1.54. The number of hydrogen-bond acceptors (Lipinski definition) is 1. The Labute approximate surface area is 72.6 Å². The predicted octanol–water partition coefficient (Wildman–Crippen LogP) is 0.680. The van der Waals surface area contributed by atoms with Crippen LogP contribution in [-0.4, -0.2) is 7.85 Å². The molecule has 0 radical (unpaired) electrons. The molecule has 0 aliphatic heterocycles. The quantitative estimate of drug-likeness (QED) is 0.439. The lowest BCUT2D eigenvalue weighted by Crippen LogP contribution is -2.04. The summed E-state index contributed by atoms with van der Waals surface area (Å²) in [6.45, 7) is 0. The molecule has 12 heavy (non-hydrogen) atoms. The molecule has 2 N–H and O–H groups in total. The summed E-state index contributed by atoms with van der Waals surface area (Å²) in [6.07, 6.45) is 0. The molecule has 0 aromatic heterocycles. The van der Waals surface area contributed by atoms with Crippen LogP contribution in [0.4, 0.5) is 5.69 Å². The minimum absolute atomic E-state index is 0.839. The molecule has 2 rings (SSSR count). The highest BCUT2D eigenvalue weighted by molar-refractivity contribution is 6.39. The van der Waals surface area contributed by atoms with Gasteiger partial charge in [0, 0.05) is 5.69 Å². The van der Waals surface area contributed by atoms with E-state index in [1.165, 1.54) is 16.2 Å². The Morgan fingerprint density at radius 3 is 2.67 bits per heavy atom. The van der Waals surface area contributed by atoms with Crippen LogP contribution in [0.3, 0.4) is 0 Å². The molecule has 2 aromatic rings. The van der Waals surface area contributed by atoms with E-state index in [0.717, 1.165) is 5.69 Å². The van der Waals surface area contributed by atoms with E-state index in [9.17, 15) is 0 Å². The zero-order valence-corrected chi connectivity index (χ0v) is 7.04. The molecular weight excluding hydrogens is 145 g/mol. The minimum atomic E-state index is 0.839. The molecule has 0 spiro atoms. The van der Waals surface area contributed by atoms with Crippen molar-refractivity contribution in [2.75, 3.05) is 5.73 Å². The van der Waals surface area contributed by atoms with Gasteiger partial charge >= 0.3 is 0 Å². The SMILES string of the molecule is Bc1cc(N)cc2ccccc12. The largest absolute Gasteiger partial charge is 0.399 e. The molecule has 0 saturated heterocycles. The molecule has 2 aromatic carbocycles. The summed E-state index contributed by atoms with van der Waals surface area (Å²) in [4.78, 5) is 0. The van der Waals surface area contributed by atoms with Crippen molar-refractivity contribution < 1.29 is 0 Å². The van der Waals surface area contributed by atoms with E-state index >= 15 is 0 Å². The number of benzene rings is 2. The Morgan fingerprint density at radius 2 is 1.83 bits per heavy atom. The van der Waals surface area contributed by atoms with Crippen LogP contribution < -0.4 is 11.2 Å². The number of nitrogens with two attached hydrogens (primary N) is 1. The molecule has 0 atom stereocenters. The van der Waals surface area contributed by atoms with Crippen LogP contribution >= 0.6 is 0 Å². The van der Waals surface area contributed by atoms with E-state index in [0.29, 0.717) is 0 Å². The molecule has 0 saturated carbocycles. The monoisotopic (exact) mass is 155 g/mol. The van der Waals surface area contributed by atoms with Gasteiger partial charge in [-0.2, -0.15) is 0 Å². The van der Waals surface area contributed by atoms with Crippen LogP contribution in [0.5, 0.6) is 0 Å². The Bertz CT molecular complexity index is 423. The average Bonchev–Trinajstić information content (AvgIpc) is 2.04. The zero-order chi connectivity index (χ0) is 8.55. The molecule has 58 valence electrons. The van der Waals surface area contributed by atoms with Crippen molar-refractivity contribution in [2.45, 2.75) is 0 Å². The number of anilines is 1. The second-order valence-corrected chi connectivity index (χ2v) is 3.06. The summed E-state index contributed by atoms with van der Waals surface area (Å²) in [5.74, 6) is 0. The van der Waals surface area contributed by atoms with Crippen molar-refractivity contribution in [2.24, 2.45) is 0 Å². The highest BCUT2D eigenvalue weighted by atomic mass is 14.5. The molecule has 1 nitrogen and oxygen atoms in total. The van der Waals surface area contributed by atoms with Gasteiger partial charge in [-0.1, -0.05) is 29.7 Å². The van der Waals surface area contributed by atoms with Gasteiger partial charge in [0.2, 0.25) is 0 Å². The standard InChI is InChI=1S/C10H10BN/c11-10-6-8(12)5-7-3-1-2-4-9(7)10/h1-6H,11-12H2. The van der Waals surface area contributed by atoms with E-state index < -0.39 is 0 Å². The molecule has 0 bridgehead atoms. The van der Waals surface area contributed by atoms with Crippen molar-refractivity contribution in [3.05, 3.63) is 36.4 Å². The van der Waals surface area contributed by atoms with E-state index in [-0.39, 0.29) is 0 Å². The Hall–Kier alpha value is -1.44. The van der Waals surface area contributed by atoms with Gasteiger partial charge < -0.3 is 5.73 Å². The highest BCUT2D eigenvalue weighted by Gasteiger charge is 1.96. The van der Waals surface area contributed by atoms with Gasteiger partial charge in [-0.05, 0) is 22.9 Å². The highest BCUT2D eigenvalue weighted by Crippen LogP contribution is 2.13. The first-order chi connectivity index (χ1) is 5.77. The van der Waals surface area contributed by atoms with Crippen molar-refractivity contribution >= 4 is 29.8 Å². The van der Waals surface area contributed by atoms with Gasteiger partial charge in [0.05, 0.1) is 0 Å². The van der Waals surface area contributed by atoms with Gasteiger partial charge in [-0.25, -0.2) is 0 Å². The van der Waals surface area contributed by atoms with E-state index in [4.69, 9.17) is 5.73 Å². The van der Waals surface area contributed by atoms with Crippen LogP contribution in [0.1, 0.15) is 0 Å². The molecule has 2 heteroatoms. The second kappa shape index (κ2) is 2.56. The van der Waals surface area contributed by atoms with Gasteiger partial charge in [-0.15, -0.1) is 0 Å². The molecule has 0 heterocycles. The third kappa shape index (κ3) is 1.05. The maximum absolute atomic E-state index is 5.72. The Morgan fingerprint density at radius 1 is 1.08 bits per heavy atom. The number of nitrogen functional groups attached to an aromatic ring is 1. The first-order valence-corrected chi connectivity index (χ1v) is 4.02. The van der Waals surface area contributed by atoms with Gasteiger partial charge in [0.1, 0.15) is 7.85 Å². The molecule has 0 aliphatic carbocycles. The fourth-order valence-electron chi connectivity index (χ4n) is 1.53. The first-order valence-electron chi connectivity index (χ1n) is 4.02. The molecule has 0 aliphatic rings. The van der Waals surface area contributed by atoms with Crippen molar-refractivity contribution in [3.63, 3.8) is 0 Å². The average molecular weight is 155 g/mol. The zero-order valence-electron chi connectivity index (χ0n) is 7.04. The smallest absolute Gasteiger partial charge is 0.140 e. The van der Waals surface area contributed by atoms with Crippen molar-refractivity contribution in [1.29, 1.82) is 0 Å². The fourth-order valence-corrected chi connectivity index (χ4v) is 1.53. The maximum Gasteiger partial charge on any atom is 0.140 e. The number of fused-ring (bicyclic) bond motifs is 1. The lowest BCUT2D eigenvalue weighted by atomic mass is 9.90. The third-order valence-electron chi connectivity index (χ3n) is 2.09. The Balaban J connectivity index is 2.89. The second-order valence-electron chi connectivity index (χ2n) is 3.06. The van der Waals surface area contributed by atoms with Crippen LogP contribution in [0.25, 0.3) is 10.8 Å².